The number of amides is 1. The summed E-state index contributed by atoms with van der Waals surface area (Å²) in [4.78, 5) is 12.7. The van der Waals surface area contributed by atoms with Crippen LogP contribution in [0.1, 0.15) is 29.4 Å². The summed E-state index contributed by atoms with van der Waals surface area (Å²) in [5.74, 6) is -2.54. The van der Waals surface area contributed by atoms with Gasteiger partial charge in [-0.15, -0.1) is 6.58 Å². The van der Waals surface area contributed by atoms with Crippen LogP contribution in [0.5, 0.6) is 5.75 Å². The smallest absolute Gasteiger partial charge is 0.419 e. The summed E-state index contributed by atoms with van der Waals surface area (Å²) in [5.41, 5.74) is -3.29. The van der Waals surface area contributed by atoms with Crippen LogP contribution < -0.4 is 15.2 Å². The van der Waals surface area contributed by atoms with E-state index in [1.54, 1.807) is 0 Å². The van der Waals surface area contributed by atoms with E-state index in [4.69, 9.17) is 9.88 Å². The van der Waals surface area contributed by atoms with Crippen molar-refractivity contribution >= 4 is 22.6 Å². The molecule has 170 valence electrons. The zero-order valence-corrected chi connectivity index (χ0v) is 17.4. The van der Waals surface area contributed by atoms with Crippen LogP contribution in [0.25, 0.3) is 0 Å². The number of hydrogen-bond acceptors (Lipinski definition) is 4. The largest absolute Gasteiger partial charge is 0.490 e. The number of aryl methyl sites for hydroxylation is 1. The molecule has 7 nitrogen and oxygen atoms in total. The fraction of sp³-hybridized carbons (Fsp3) is 0.316. The standard InChI is InChI=1S/C19H21F4N3O4S/c1-4-18(2,28)7-8-30-16-14(31(24)29)10-26(3)15(16)17(27)25-11-5-6-13(20)12(9-11)19(21,22)23/h4-6,9-10,28H,1,7-8,24H2,2-3H3,(H,25,27). The summed E-state index contributed by atoms with van der Waals surface area (Å²) in [6.07, 6.45) is -2.30. The number of aliphatic hydroxyl groups is 1. The number of ether oxygens (including phenoxy) is 1. The van der Waals surface area contributed by atoms with Crippen molar-refractivity contribution in [2.45, 2.75) is 30.0 Å². The van der Waals surface area contributed by atoms with Gasteiger partial charge in [0.05, 0.1) is 17.8 Å². The van der Waals surface area contributed by atoms with Crippen molar-refractivity contribution in [3.8, 4) is 5.75 Å². The first-order valence-corrected chi connectivity index (χ1v) is 10.0. The molecule has 0 radical (unpaired) electrons. The minimum Gasteiger partial charge on any atom is -0.490 e. The molecule has 2 aromatic rings. The van der Waals surface area contributed by atoms with Gasteiger partial charge < -0.3 is 19.7 Å². The molecule has 31 heavy (non-hydrogen) atoms. The Bertz CT molecular complexity index is 1020. The summed E-state index contributed by atoms with van der Waals surface area (Å²) < 4.78 is 70.9. The lowest BCUT2D eigenvalue weighted by Gasteiger charge is -2.19. The molecule has 0 aliphatic carbocycles. The number of nitrogens with one attached hydrogen (secondary N) is 1. The fourth-order valence-electron chi connectivity index (χ4n) is 2.59. The van der Waals surface area contributed by atoms with E-state index in [2.05, 4.69) is 11.9 Å². The number of benzene rings is 1. The van der Waals surface area contributed by atoms with Gasteiger partial charge in [-0.25, -0.2) is 13.7 Å². The zero-order chi connectivity index (χ0) is 23.6. The fourth-order valence-corrected chi connectivity index (χ4v) is 3.19. The molecule has 2 rings (SSSR count). The molecule has 12 heteroatoms. The number of anilines is 1. The molecule has 0 aliphatic heterocycles. The van der Waals surface area contributed by atoms with Crippen LogP contribution >= 0.6 is 0 Å². The molecule has 0 fully saturated rings. The first-order valence-electron chi connectivity index (χ1n) is 8.79. The van der Waals surface area contributed by atoms with Gasteiger partial charge in [0.25, 0.3) is 5.91 Å². The molecule has 0 spiro atoms. The summed E-state index contributed by atoms with van der Waals surface area (Å²) in [6, 6.07) is 2.01. The SMILES string of the molecule is C=CC(C)(O)CCOc1c(S(N)=O)cn(C)c1C(=O)Nc1ccc(F)c(C(F)(F)F)c1. The molecule has 1 amide bonds. The van der Waals surface area contributed by atoms with Crippen molar-refractivity contribution in [3.63, 3.8) is 0 Å². The monoisotopic (exact) mass is 463 g/mol. The van der Waals surface area contributed by atoms with Crippen LogP contribution in [0, 0.1) is 5.82 Å². The summed E-state index contributed by atoms with van der Waals surface area (Å²) in [5, 5.41) is 17.7. The zero-order valence-electron chi connectivity index (χ0n) is 16.6. The molecule has 0 saturated carbocycles. The van der Waals surface area contributed by atoms with Crippen LogP contribution in [0.3, 0.4) is 0 Å². The van der Waals surface area contributed by atoms with E-state index in [1.807, 2.05) is 0 Å². The van der Waals surface area contributed by atoms with Crippen molar-refractivity contribution in [2.75, 3.05) is 11.9 Å². The normalized spacial score (nSPS) is 14.6. The van der Waals surface area contributed by atoms with Gasteiger partial charge in [-0.1, -0.05) is 6.08 Å². The van der Waals surface area contributed by atoms with E-state index in [1.165, 1.54) is 30.8 Å². The highest BCUT2D eigenvalue weighted by atomic mass is 32.2. The number of halogens is 4. The van der Waals surface area contributed by atoms with Crippen molar-refractivity contribution in [1.82, 2.24) is 4.57 Å². The average Bonchev–Trinajstić information content (AvgIpc) is 2.99. The third-order valence-corrected chi connectivity index (χ3v) is 5.08. The van der Waals surface area contributed by atoms with Crippen LogP contribution in [0.4, 0.5) is 23.2 Å². The van der Waals surface area contributed by atoms with Gasteiger partial charge in [0.2, 0.25) is 0 Å². The van der Waals surface area contributed by atoms with Crippen LogP contribution in [-0.2, 0) is 24.2 Å². The number of carbonyl (C=O) groups is 1. The van der Waals surface area contributed by atoms with Crippen molar-refractivity contribution in [1.29, 1.82) is 0 Å². The van der Waals surface area contributed by atoms with Gasteiger partial charge >= 0.3 is 6.18 Å². The van der Waals surface area contributed by atoms with Crippen molar-refractivity contribution < 1.29 is 36.4 Å². The number of rotatable bonds is 8. The Balaban J connectivity index is 2.36. The maximum atomic E-state index is 13.5. The lowest BCUT2D eigenvalue weighted by Crippen LogP contribution is -2.24. The Labute approximate surface area is 178 Å². The molecule has 4 N–H and O–H groups in total. The minimum atomic E-state index is -4.95. The number of carbonyl (C=O) groups excluding carboxylic acids is 1. The number of aromatic nitrogens is 1. The molecule has 0 aliphatic rings. The van der Waals surface area contributed by atoms with Crippen molar-refractivity contribution in [2.24, 2.45) is 12.2 Å². The van der Waals surface area contributed by atoms with E-state index >= 15 is 0 Å². The number of hydrogen-bond donors (Lipinski definition) is 3. The molecular formula is C19H21F4N3O4S. The second-order valence-corrected chi connectivity index (χ2v) is 7.92. The molecule has 2 atom stereocenters. The predicted octanol–water partition coefficient (Wildman–Crippen LogP) is 3.12. The highest BCUT2D eigenvalue weighted by Gasteiger charge is 2.34. The maximum Gasteiger partial charge on any atom is 0.419 e. The second kappa shape index (κ2) is 9.20. The number of nitrogens with zero attached hydrogens (tertiary/aromatic N) is 1. The van der Waals surface area contributed by atoms with Gasteiger partial charge in [0, 0.05) is 25.4 Å². The van der Waals surface area contributed by atoms with E-state index in [0.29, 0.717) is 12.1 Å². The van der Waals surface area contributed by atoms with Crippen LogP contribution in [-0.4, -0.2) is 32.0 Å². The van der Waals surface area contributed by atoms with Crippen LogP contribution in [0.2, 0.25) is 0 Å². The molecule has 2 unspecified atom stereocenters. The summed E-state index contributed by atoms with van der Waals surface area (Å²) >= 11 is 0. The number of nitrogens with two attached hydrogens (primary N) is 1. The highest BCUT2D eigenvalue weighted by molar-refractivity contribution is 7.82. The Hall–Kier alpha value is -2.70. The minimum absolute atomic E-state index is 0.0269. The first-order chi connectivity index (χ1) is 14.3. The van der Waals surface area contributed by atoms with E-state index < -0.39 is 40.1 Å². The Morgan fingerprint density at radius 1 is 1.42 bits per heavy atom. The highest BCUT2D eigenvalue weighted by Crippen LogP contribution is 2.34. The van der Waals surface area contributed by atoms with E-state index in [-0.39, 0.29) is 35.1 Å². The average molecular weight is 463 g/mol. The van der Waals surface area contributed by atoms with Crippen LogP contribution in [0.15, 0.2) is 41.9 Å². The summed E-state index contributed by atoms with van der Waals surface area (Å²) in [7, 11) is -0.624. The summed E-state index contributed by atoms with van der Waals surface area (Å²) in [6.45, 7) is 4.86. The topological polar surface area (TPSA) is 107 Å². The lowest BCUT2D eigenvalue weighted by molar-refractivity contribution is -0.139. The first kappa shape index (κ1) is 24.6. The lowest BCUT2D eigenvalue weighted by atomic mass is 10.0. The Kier molecular flexibility index (Phi) is 7.29. The van der Waals surface area contributed by atoms with Crippen molar-refractivity contribution in [3.05, 3.63) is 54.1 Å². The van der Waals surface area contributed by atoms with E-state index in [0.717, 1.165) is 6.07 Å². The predicted molar refractivity (Wildman–Crippen MR) is 106 cm³/mol. The van der Waals surface area contributed by atoms with E-state index in [9.17, 15) is 31.7 Å². The molecule has 0 saturated heterocycles. The number of alkyl halides is 3. The van der Waals surface area contributed by atoms with Gasteiger partial charge in [-0.3, -0.25) is 4.79 Å². The van der Waals surface area contributed by atoms with Gasteiger partial charge in [-0.2, -0.15) is 13.2 Å². The quantitative estimate of drug-likeness (QED) is 0.413. The van der Waals surface area contributed by atoms with Gasteiger partial charge in [-0.05, 0) is 25.1 Å². The Morgan fingerprint density at radius 3 is 2.61 bits per heavy atom. The Morgan fingerprint density at radius 2 is 2.06 bits per heavy atom. The maximum absolute atomic E-state index is 13.5. The third kappa shape index (κ3) is 5.93. The molecule has 1 aromatic carbocycles. The third-order valence-electron chi connectivity index (χ3n) is 4.36. The van der Waals surface area contributed by atoms with Gasteiger partial charge in [0.15, 0.2) is 11.4 Å². The molecular weight excluding hydrogens is 442 g/mol. The second-order valence-electron chi connectivity index (χ2n) is 6.89. The molecule has 1 aromatic heterocycles. The molecule has 1 heterocycles. The van der Waals surface area contributed by atoms with Gasteiger partial charge in [0.1, 0.15) is 21.7 Å². The molecule has 0 bridgehead atoms.